The fourth-order valence-corrected chi connectivity index (χ4v) is 9.00. The molecule has 1 aromatic carbocycles. The maximum atomic E-state index is 3.47. The van der Waals surface area contributed by atoms with Gasteiger partial charge in [-0.15, -0.1) is 0 Å². The van der Waals surface area contributed by atoms with Crippen molar-refractivity contribution in [1.29, 1.82) is 0 Å². The van der Waals surface area contributed by atoms with Gasteiger partial charge < -0.3 is 0 Å². The van der Waals surface area contributed by atoms with Gasteiger partial charge in [0.2, 0.25) is 0 Å². The van der Waals surface area contributed by atoms with Crippen molar-refractivity contribution in [3.05, 3.63) is 34.3 Å². The van der Waals surface area contributed by atoms with E-state index < -0.39 is 8.07 Å². The zero-order chi connectivity index (χ0) is 11.5. The molecule has 3 heteroatoms. The van der Waals surface area contributed by atoms with Crippen molar-refractivity contribution in [2.24, 2.45) is 0 Å². The molecule has 0 saturated carbocycles. The predicted molar refractivity (Wildman–Crippen MR) is 79.3 cm³/mol. The highest BCUT2D eigenvalue weighted by Crippen LogP contribution is 2.15. The summed E-state index contributed by atoms with van der Waals surface area (Å²) in [6.07, 6.45) is 2.40. The average Bonchev–Trinajstić information content (AvgIpc) is 2.05. The summed E-state index contributed by atoms with van der Waals surface area (Å²) < 4.78 is 1.17. The van der Waals surface area contributed by atoms with Crippen LogP contribution in [-0.4, -0.2) is 19.7 Å². The van der Waals surface area contributed by atoms with Crippen molar-refractivity contribution in [3.63, 3.8) is 0 Å². The second kappa shape index (κ2) is 5.55. The van der Waals surface area contributed by atoms with Crippen LogP contribution < -0.4 is 0 Å². The Morgan fingerprint density at radius 1 is 1.13 bits per heavy atom. The lowest BCUT2D eigenvalue weighted by molar-refractivity contribution is 1.39. The first kappa shape index (κ1) is 13.3. The van der Waals surface area contributed by atoms with Gasteiger partial charge in [-0.2, -0.15) is 0 Å². The smallest absolute Gasteiger partial charge is 0.0653 e. The van der Waals surface area contributed by atoms with Crippen LogP contribution in [0, 0.1) is 0 Å². The average molecular weight is 304 g/mol. The molecule has 0 aliphatic heterocycles. The first-order valence-electron chi connectivity index (χ1n) is 5.20. The molecule has 1 unspecified atom stereocenters. The van der Waals surface area contributed by atoms with Gasteiger partial charge in [0.1, 0.15) is 13.8 Å². The minimum atomic E-state index is -0.882. The molecule has 84 valence electrons. The molecule has 0 radical (unpaired) electrons. The molecule has 0 saturated heterocycles. The Labute approximate surface area is 106 Å². The van der Waals surface area contributed by atoms with Gasteiger partial charge in [-0.25, -0.2) is 0 Å². The number of hydrogen-bond acceptors (Lipinski definition) is 0. The first-order valence-corrected chi connectivity index (χ1v) is 11.7. The highest BCUT2D eigenvalue weighted by Gasteiger charge is 2.24. The van der Waals surface area contributed by atoms with E-state index in [1.807, 2.05) is 0 Å². The first-order chi connectivity index (χ1) is 6.87. The molecule has 0 N–H and O–H groups in total. The Morgan fingerprint density at radius 3 is 2.13 bits per heavy atom. The molecule has 1 atom stereocenters. The van der Waals surface area contributed by atoms with Crippen molar-refractivity contribution in [2.75, 3.05) is 11.6 Å². The van der Waals surface area contributed by atoms with Gasteiger partial charge in [-0.1, -0.05) is 47.7 Å². The van der Waals surface area contributed by atoms with Crippen LogP contribution >= 0.6 is 15.9 Å². The standard InChI is InChI=1S/C12H20BrSSi/c1-14(10-15(2,3)4)9-11-5-7-12(13)8-6-11/h5-8H,9-10H2,1-4H3/q+1. The lowest BCUT2D eigenvalue weighted by Gasteiger charge is -2.14. The Balaban J connectivity index is 2.51. The van der Waals surface area contributed by atoms with Gasteiger partial charge in [-0.05, 0) is 23.0 Å². The van der Waals surface area contributed by atoms with Gasteiger partial charge in [0, 0.05) is 10.0 Å². The number of hydrogen-bond donors (Lipinski definition) is 0. The normalized spacial score (nSPS) is 13.9. The second-order valence-electron chi connectivity index (χ2n) is 5.26. The van der Waals surface area contributed by atoms with E-state index in [9.17, 15) is 0 Å². The van der Waals surface area contributed by atoms with Gasteiger partial charge >= 0.3 is 0 Å². The summed E-state index contributed by atoms with van der Waals surface area (Å²) >= 11 is 3.47. The molecule has 15 heavy (non-hydrogen) atoms. The van der Waals surface area contributed by atoms with Gasteiger partial charge in [0.15, 0.2) is 0 Å². The highest BCUT2D eigenvalue weighted by molar-refractivity contribution is 9.10. The molecule has 0 spiro atoms. The van der Waals surface area contributed by atoms with Crippen LogP contribution in [0.5, 0.6) is 0 Å². The molecule has 0 aliphatic rings. The Morgan fingerprint density at radius 2 is 1.67 bits per heavy atom. The number of rotatable bonds is 4. The van der Waals surface area contributed by atoms with E-state index in [2.05, 4.69) is 66.1 Å². The molecule has 0 heterocycles. The van der Waals surface area contributed by atoms with E-state index in [-0.39, 0.29) is 0 Å². The molecule has 0 fully saturated rings. The van der Waals surface area contributed by atoms with Gasteiger partial charge in [0.25, 0.3) is 0 Å². The fourth-order valence-electron chi connectivity index (χ4n) is 1.66. The van der Waals surface area contributed by atoms with Crippen LogP contribution in [0.2, 0.25) is 19.6 Å². The summed E-state index contributed by atoms with van der Waals surface area (Å²) in [6, 6.07) is 8.75. The van der Waals surface area contributed by atoms with Crippen molar-refractivity contribution in [1.82, 2.24) is 0 Å². The summed E-state index contributed by atoms with van der Waals surface area (Å²) in [5, 5.41) is 1.45. The molecule has 0 aliphatic carbocycles. The van der Waals surface area contributed by atoms with Crippen LogP contribution in [0.25, 0.3) is 0 Å². The predicted octanol–water partition coefficient (Wildman–Crippen LogP) is 4.07. The molecule has 0 bridgehead atoms. The summed E-state index contributed by atoms with van der Waals surface area (Å²) in [4.78, 5) is 0. The third-order valence-corrected chi connectivity index (χ3v) is 8.80. The lowest BCUT2D eigenvalue weighted by atomic mass is 10.2. The van der Waals surface area contributed by atoms with Crippen molar-refractivity contribution in [3.8, 4) is 0 Å². The zero-order valence-electron chi connectivity index (χ0n) is 10.0. The Kier molecular flexibility index (Phi) is 4.93. The Bertz CT molecular complexity index is 302. The molecular formula is C12H20BrSSi+. The number of halogens is 1. The largest absolute Gasteiger partial charge is 0.132 e. The van der Waals surface area contributed by atoms with Crippen molar-refractivity contribution in [2.45, 2.75) is 25.4 Å². The van der Waals surface area contributed by atoms with E-state index in [1.54, 1.807) is 0 Å². The molecule has 1 aromatic rings. The van der Waals surface area contributed by atoms with Crippen LogP contribution in [0.4, 0.5) is 0 Å². The van der Waals surface area contributed by atoms with E-state index in [4.69, 9.17) is 0 Å². The van der Waals surface area contributed by atoms with Crippen LogP contribution in [0.3, 0.4) is 0 Å². The minimum Gasteiger partial charge on any atom is -0.0653 e. The maximum absolute atomic E-state index is 3.47. The van der Waals surface area contributed by atoms with Crippen molar-refractivity contribution < 1.29 is 0 Å². The highest BCUT2D eigenvalue weighted by atomic mass is 79.9. The number of benzene rings is 1. The molecule has 0 amide bonds. The fraction of sp³-hybridized carbons (Fsp3) is 0.500. The monoisotopic (exact) mass is 303 g/mol. The van der Waals surface area contributed by atoms with Crippen molar-refractivity contribution >= 4 is 34.9 Å². The van der Waals surface area contributed by atoms with Gasteiger partial charge in [-0.3, -0.25) is 0 Å². The van der Waals surface area contributed by atoms with E-state index >= 15 is 0 Å². The summed E-state index contributed by atoms with van der Waals surface area (Å²) in [5.41, 5.74) is 1.47. The second-order valence-corrected chi connectivity index (χ2v) is 14.3. The quantitative estimate of drug-likeness (QED) is 0.581. The maximum Gasteiger partial charge on any atom is 0.132 e. The molecule has 1 rings (SSSR count). The van der Waals surface area contributed by atoms with Crippen LogP contribution in [-0.2, 0) is 16.6 Å². The third-order valence-electron chi connectivity index (χ3n) is 2.01. The summed E-state index contributed by atoms with van der Waals surface area (Å²) in [6.45, 7) is 7.37. The summed E-state index contributed by atoms with van der Waals surface area (Å²) in [5.74, 6) is 1.25. The zero-order valence-corrected chi connectivity index (χ0v) is 13.4. The Hall–Kier alpha value is 0.267. The van der Waals surface area contributed by atoms with E-state index in [0.29, 0.717) is 10.9 Å². The third kappa shape index (κ3) is 5.78. The molecule has 0 aromatic heterocycles. The van der Waals surface area contributed by atoms with Gasteiger partial charge in [0.05, 0.1) is 11.6 Å². The molecule has 0 nitrogen and oxygen atoms in total. The van der Waals surface area contributed by atoms with E-state index in [0.717, 1.165) is 0 Å². The minimum absolute atomic E-state index is 0.549. The van der Waals surface area contributed by atoms with E-state index in [1.165, 1.54) is 21.2 Å². The van der Waals surface area contributed by atoms with Crippen LogP contribution in [0.15, 0.2) is 28.7 Å². The van der Waals surface area contributed by atoms with Crippen LogP contribution in [0.1, 0.15) is 5.56 Å². The molecular weight excluding hydrogens is 284 g/mol. The SMILES string of the molecule is C[S+](Cc1ccc(Br)cc1)C[Si](C)(C)C. The summed E-state index contributed by atoms with van der Waals surface area (Å²) in [7, 11) is -0.333. The lowest BCUT2D eigenvalue weighted by Crippen LogP contribution is -2.32. The topological polar surface area (TPSA) is 0 Å².